The van der Waals surface area contributed by atoms with Gasteiger partial charge < -0.3 is 57.6 Å². The standard InChI is InChI=1S/C41H57N2O16P/c1-8-53-60(49,54-9-2)24-34-35(42-25(3)44)39(52-21-31-18-14-11-15-19-31)37(32(57-34)22-50-20-30-16-12-10-13-17-30)59-41-36(43-26(4)45)40(56-29(7)48)38(55-28(6)47)33(58-41)23-51-27(5)46/h10-19,32-41H,8-9,20-24H2,1-7H3,(H,42,44)(H,43,45)/t32?,33?,34-,35?,36?,37-,38-,39?,40?,41+/m1/s1. The molecule has 0 bridgehead atoms. The molecule has 10 atom stereocenters. The molecule has 2 aromatic rings. The fourth-order valence-corrected chi connectivity index (χ4v) is 8.86. The van der Waals surface area contributed by atoms with Crippen molar-refractivity contribution in [2.24, 2.45) is 0 Å². The van der Waals surface area contributed by atoms with E-state index in [1.165, 1.54) is 20.8 Å². The normalized spacial score (nSPS) is 26.6. The fraction of sp³-hybridized carbons (Fsp3) is 0.585. The minimum Gasteiger partial charge on any atom is -0.463 e. The summed E-state index contributed by atoms with van der Waals surface area (Å²) in [5.41, 5.74) is 1.61. The maximum atomic E-state index is 14.1. The Kier molecular flexibility index (Phi) is 19.1. The number of benzene rings is 2. The molecule has 2 aliphatic heterocycles. The van der Waals surface area contributed by atoms with Gasteiger partial charge in [0.05, 0.1) is 51.3 Å². The van der Waals surface area contributed by atoms with Crippen molar-refractivity contribution in [3.05, 3.63) is 71.8 Å². The highest BCUT2D eigenvalue weighted by atomic mass is 31.2. The third-order valence-corrected chi connectivity index (χ3v) is 11.4. The van der Waals surface area contributed by atoms with Gasteiger partial charge in [0.15, 0.2) is 18.5 Å². The molecule has 4 rings (SSSR count). The zero-order valence-electron chi connectivity index (χ0n) is 35.0. The largest absolute Gasteiger partial charge is 0.463 e. The minimum atomic E-state index is -3.83. The summed E-state index contributed by atoms with van der Waals surface area (Å²) in [6, 6.07) is 16.1. The van der Waals surface area contributed by atoms with E-state index in [4.69, 9.17) is 46.9 Å². The van der Waals surface area contributed by atoms with Crippen LogP contribution in [0.15, 0.2) is 60.7 Å². The second-order valence-electron chi connectivity index (χ2n) is 14.2. The van der Waals surface area contributed by atoms with Crippen LogP contribution in [0, 0.1) is 0 Å². The Morgan fingerprint density at radius 1 is 0.617 bits per heavy atom. The average molecular weight is 865 g/mol. The molecule has 332 valence electrons. The summed E-state index contributed by atoms with van der Waals surface area (Å²) in [6.07, 6.45) is -10.5. The summed E-state index contributed by atoms with van der Waals surface area (Å²) in [4.78, 5) is 62.8. The molecule has 2 saturated heterocycles. The predicted molar refractivity (Wildman–Crippen MR) is 212 cm³/mol. The van der Waals surface area contributed by atoms with Crippen molar-refractivity contribution in [2.75, 3.05) is 32.6 Å². The number of amides is 2. The summed E-state index contributed by atoms with van der Waals surface area (Å²) in [5.74, 6) is -3.32. The highest BCUT2D eigenvalue weighted by Crippen LogP contribution is 2.50. The topological polar surface area (TPSA) is 219 Å². The van der Waals surface area contributed by atoms with Gasteiger partial charge in [-0.15, -0.1) is 0 Å². The summed E-state index contributed by atoms with van der Waals surface area (Å²) in [6.45, 7) is 8.95. The molecule has 0 radical (unpaired) electrons. The molecule has 2 amide bonds. The molecule has 0 aliphatic carbocycles. The Morgan fingerprint density at radius 3 is 1.68 bits per heavy atom. The van der Waals surface area contributed by atoms with E-state index in [2.05, 4.69) is 10.6 Å². The third kappa shape index (κ3) is 14.7. The Balaban J connectivity index is 1.87. The lowest BCUT2D eigenvalue weighted by atomic mass is 9.91. The van der Waals surface area contributed by atoms with Gasteiger partial charge in [0.25, 0.3) is 0 Å². The molecule has 18 nitrogen and oxygen atoms in total. The Labute approximate surface area is 350 Å². The second-order valence-corrected chi connectivity index (χ2v) is 16.3. The molecule has 0 spiro atoms. The first-order valence-corrected chi connectivity index (χ1v) is 21.5. The maximum absolute atomic E-state index is 14.1. The van der Waals surface area contributed by atoms with E-state index in [0.29, 0.717) is 0 Å². The first-order valence-electron chi connectivity index (χ1n) is 19.8. The van der Waals surface area contributed by atoms with Crippen LogP contribution in [0.5, 0.6) is 0 Å². The van der Waals surface area contributed by atoms with E-state index in [-0.39, 0.29) is 39.2 Å². The van der Waals surface area contributed by atoms with Crippen LogP contribution in [0.2, 0.25) is 0 Å². The van der Waals surface area contributed by atoms with E-state index in [1.54, 1.807) is 13.8 Å². The number of esters is 3. The van der Waals surface area contributed by atoms with E-state index in [0.717, 1.165) is 25.0 Å². The summed E-state index contributed by atoms with van der Waals surface area (Å²) >= 11 is 0. The highest BCUT2D eigenvalue weighted by Gasteiger charge is 2.56. The van der Waals surface area contributed by atoms with Gasteiger partial charge in [-0.3, -0.25) is 28.5 Å². The molecular weight excluding hydrogens is 807 g/mol. The lowest BCUT2D eigenvalue weighted by Gasteiger charge is -2.50. The van der Waals surface area contributed by atoms with Crippen LogP contribution in [0.1, 0.15) is 59.6 Å². The van der Waals surface area contributed by atoms with Crippen molar-refractivity contribution in [2.45, 2.75) is 123 Å². The van der Waals surface area contributed by atoms with Crippen LogP contribution in [-0.2, 0) is 88.7 Å². The average Bonchev–Trinajstić information content (AvgIpc) is 3.17. The van der Waals surface area contributed by atoms with Gasteiger partial charge in [0.1, 0.15) is 37.1 Å². The number of ether oxygens (including phenoxy) is 8. The van der Waals surface area contributed by atoms with E-state index in [9.17, 15) is 28.5 Å². The molecule has 0 saturated carbocycles. The third-order valence-electron chi connectivity index (χ3n) is 9.26. The molecule has 2 aromatic carbocycles. The van der Waals surface area contributed by atoms with Crippen LogP contribution in [0.25, 0.3) is 0 Å². The van der Waals surface area contributed by atoms with Crippen LogP contribution in [-0.4, -0.2) is 123 Å². The molecule has 2 fully saturated rings. The van der Waals surface area contributed by atoms with Gasteiger partial charge in [0, 0.05) is 34.6 Å². The van der Waals surface area contributed by atoms with Crippen LogP contribution >= 0.6 is 7.60 Å². The zero-order valence-corrected chi connectivity index (χ0v) is 35.9. The molecule has 19 heteroatoms. The number of nitrogens with one attached hydrogen (secondary N) is 2. The molecule has 60 heavy (non-hydrogen) atoms. The number of carbonyl (C=O) groups excluding carboxylic acids is 5. The summed E-state index contributed by atoms with van der Waals surface area (Å²) in [7, 11) is -3.83. The van der Waals surface area contributed by atoms with Crippen molar-refractivity contribution in [1.82, 2.24) is 10.6 Å². The number of rotatable bonds is 21. The van der Waals surface area contributed by atoms with Crippen LogP contribution < -0.4 is 10.6 Å². The lowest BCUT2D eigenvalue weighted by Crippen LogP contribution is -2.70. The van der Waals surface area contributed by atoms with E-state index >= 15 is 0 Å². The number of hydrogen-bond acceptors (Lipinski definition) is 16. The van der Waals surface area contributed by atoms with Gasteiger partial charge >= 0.3 is 25.5 Å². The van der Waals surface area contributed by atoms with Gasteiger partial charge in [-0.2, -0.15) is 0 Å². The Morgan fingerprint density at radius 2 is 1.15 bits per heavy atom. The Bertz CT molecular complexity index is 1740. The smallest absolute Gasteiger partial charge is 0.333 e. The van der Waals surface area contributed by atoms with E-state index in [1.807, 2.05) is 60.7 Å². The summed E-state index contributed by atoms with van der Waals surface area (Å²) in [5, 5.41) is 5.62. The molecular formula is C41H57N2O16P. The first-order chi connectivity index (χ1) is 28.6. The molecule has 2 aliphatic rings. The molecule has 0 aromatic heterocycles. The quantitative estimate of drug-likeness (QED) is 0.104. The van der Waals surface area contributed by atoms with Crippen molar-refractivity contribution in [3.63, 3.8) is 0 Å². The first kappa shape index (κ1) is 48.4. The zero-order chi connectivity index (χ0) is 43.8. The monoisotopic (exact) mass is 864 g/mol. The van der Waals surface area contributed by atoms with Crippen molar-refractivity contribution in [3.8, 4) is 0 Å². The highest BCUT2D eigenvalue weighted by molar-refractivity contribution is 7.53. The molecule has 2 heterocycles. The van der Waals surface area contributed by atoms with Crippen molar-refractivity contribution < 1.29 is 75.5 Å². The molecule has 6 unspecified atom stereocenters. The van der Waals surface area contributed by atoms with E-state index < -0.39 is 105 Å². The Hall–Kier alpha value is -4.26. The van der Waals surface area contributed by atoms with Gasteiger partial charge in [-0.1, -0.05) is 60.7 Å². The minimum absolute atomic E-state index is 0.000662. The predicted octanol–water partition coefficient (Wildman–Crippen LogP) is 3.37. The van der Waals surface area contributed by atoms with Gasteiger partial charge in [0.2, 0.25) is 11.8 Å². The number of hydrogen-bond donors (Lipinski definition) is 2. The summed E-state index contributed by atoms with van der Waals surface area (Å²) < 4.78 is 74.8. The van der Waals surface area contributed by atoms with Crippen LogP contribution in [0.4, 0.5) is 0 Å². The maximum Gasteiger partial charge on any atom is 0.333 e. The van der Waals surface area contributed by atoms with Crippen LogP contribution in [0.3, 0.4) is 0 Å². The van der Waals surface area contributed by atoms with Gasteiger partial charge in [-0.25, -0.2) is 0 Å². The fourth-order valence-electron chi connectivity index (χ4n) is 7.03. The second kappa shape index (κ2) is 23.7. The van der Waals surface area contributed by atoms with Crippen molar-refractivity contribution in [1.29, 1.82) is 0 Å². The SMILES string of the molecule is CCOP(=O)(C[C@H]1OC(COCc2ccccc2)[C@@H](O[C@@H]2OC(COC(C)=O)[C@@H](OC(C)=O)C(OC(C)=O)C2NC(C)=O)C(OCc2ccccc2)C1NC(C)=O)OCC. The number of carbonyl (C=O) groups is 5. The van der Waals surface area contributed by atoms with Gasteiger partial charge in [-0.05, 0) is 25.0 Å². The lowest BCUT2D eigenvalue weighted by molar-refractivity contribution is -0.320. The molecule has 2 N–H and O–H groups in total. The van der Waals surface area contributed by atoms with Crippen molar-refractivity contribution >= 4 is 37.3 Å².